The van der Waals surface area contributed by atoms with Gasteiger partial charge in [-0.3, -0.25) is 4.90 Å². The van der Waals surface area contributed by atoms with Crippen LogP contribution in [0.2, 0.25) is 5.02 Å². The zero-order chi connectivity index (χ0) is 14.4. The second-order valence-corrected chi connectivity index (χ2v) is 6.86. The molecular weight excluding hydrogens is 268 g/mol. The lowest BCUT2D eigenvalue weighted by atomic mass is 9.97. The molecule has 1 heterocycles. The van der Waals surface area contributed by atoms with Gasteiger partial charge < -0.3 is 5.32 Å². The van der Waals surface area contributed by atoms with Gasteiger partial charge in [0.1, 0.15) is 0 Å². The molecule has 0 radical (unpaired) electrons. The first-order chi connectivity index (χ1) is 9.63. The van der Waals surface area contributed by atoms with Crippen LogP contribution in [0.15, 0.2) is 24.3 Å². The molecular formula is C17H27ClN2. The molecule has 0 aromatic heterocycles. The quantitative estimate of drug-likeness (QED) is 0.858. The van der Waals surface area contributed by atoms with E-state index in [1.54, 1.807) is 0 Å². The van der Waals surface area contributed by atoms with Crippen LogP contribution in [0.4, 0.5) is 0 Å². The highest BCUT2D eigenvalue weighted by molar-refractivity contribution is 6.30. The number of nitrogens with zero attached hydrogens (tertiary/aromatic N) is 1. The minimum Gasteiger partial charge on any atom is -0.316 e. The van der Waals surface area contributed by atoms with E-state index in [4.69, 9.17) is 11.6 Å². The summed E-state index contributed by atoms with van der Waals surface area (Å²) in [5, 5.41) is 4.44. The molecule has 1 aromatic carbocycles. The van der Waals surface area contributed by atoms with Crippen molar-refractivity contribution in [2.45, 2.75) is 33.2 Å². The SMILES string of the molecule is CC(C)CNCC1CCCN(Cc2cccc(Cl)c2)C1. The first-order valence-electron chi connectivity index (χ1n) is 7.81. The Hall–Kier alpha value is -0.570. The van der Waals surface area contributed by atoms with Crippen LogP contribution in [0, 0.1) is 11.8 Å². The molecule has 1 unspecified atom stereocenters. The second kappa shape index (κ2) is 8.02. The van der Waals surface area contributed by atoms with E-state index in [0.29, 0.717) is 0 Å². The van der Waals surface area contributed by atoms with Crippen LogP contribution in [-0.2, 0) is 6.54 Å². The zero-order valence-corrected chi connectivity index (χ0v) is 13.5. The van der Waals surface area contributed by atoms with Crippen LogP contribution in [0.25, 0.3) is 0 Å². The highest BCUT2D eigenvalue weighted by atomic mass is 35.5. The number of halogens is 1. The van der Waals surface area contributed by atoms with Gasteiger partial charge in [0.2, 0.25) is 0 Å². The molecule has 3 heteroatoms. The van der Waals surface area contributed by atoms with E-state index in [1.165, 1.54) is 31.5 Å². The summed E-state index contributed by atoms with van der Waals surface area (Å²) in [7, 11) is 0. The Kier molecular flexibility index (Phi) is 6.34. The molecule has 112 valence electrons. The summed E-state index contributed by atoms with van der Waals surface area (Å²) in [4.78, 5) is 2.57. The van der Waals surface area contributed by atoms with Gasteiger partial charge in [-0.05, 0) is 62.0 Å². The van der Waals surface area contributed by atoms with Crippen molar-refractivity contribution in [2.75, 3.05) is 26.2 Å². The largest absolute Gasteiger partial charge is 0.316 e. The molecule has 0 bridgehead atoms. The first-order valence-corrected chi connectivity index (χ1v) is 8.19. The lowest BCUT2D eigenvalue weighted by Gasteiger charge is -2.33. The molecule has 1 saturated heterocycles. The lowest BCUT2D eigenvalue weighted by Crippen LogP contribution is -2.39. The number of nitrogens with one attached hydrogen (secondary N) is 1. The zero-order valence-electron chi connectivity index (χ0n) is 12.7. The third-order valence-electron chi connectivity index (χ3n) is 3.88. The minimum absolute atomic E-state index is 0.737. The Bertz CT molecular complexity index is 406. The Labute approximate surface area is 128 Å². The Morgan fingerprint density at radius 3 is 3.00 bits per heavy atom. The monoisotopic (exact) mass is 294 g/mol. The molecule has 0 aliphatic carbocycles. The van der Waals surface area contributed by atoms with E-state index in [0.717, 1.165) is 36.5 Å². The molecule has 2 nitrogen and oxygen atoms in total. The maximum absolute atomic E-state index is 6.06. The molecule has 2 rings (SSSR count). The highest BCUT2D eigenvalue weighted by Gasteiger charge is 2.19. The van der Waals surface area contributed by atoms with E-state index >= 15 is 0 Å². The van der Waals surface area contributed by atoms with Gasteiger partial charge in [0.05, 0.1) is 0 Å². The van der Waals surface area contributed by atoms with Crippen LogP contribution in [0.1, 0.15) is 32.3 Å². The van der Waals surface area contributed by atoms with E-state index in [2.05, 4.69) is 36.2 Å². The summed E-state index contributed by atoms with van der Waals surface area (Å²) in [5.41, 5.74) is 1.33. The van der Waals surface area contributed by atoms with Crippen LogP contribution in [-0.4, -0.2) is 31.1 Å². The fraction of sp³-hybridized carbons (Fsp3) is 0.647. The number of piperidine rings is 1. The predicted octanol–water partition coefficient (Wildman–Crippen LogP) is 3.80. The van der Waals surface area contributed by atoms with Crippen molar-refractivity contribution >= 4 is 11.6 Å². The van der Waals surface area contributed by atoms with Crippen LogP contribution < -0.4 is 5.32 Å². The summed E-state index contributed by atoms with van der Waals surface area (Å²) in [5.74, 6) is 1.53. The predicted molar refractivity (Wildman–Crippen MR) is 87.2 cm³/mol. The van der Waals surface area contributed by atoms with Gasteiger partial charge in [0, 0.05) is 18.1 Å². The molecule has 0 saturated carbocycles. The molecule has 1 atom stereocenters. The number of rotatable bonds is 6. The summed E-state index contributed by atoms with van der Waals surface area (Å²) in [6.45, 7) is 10.3. The lowest BCUT2D eigenvalue weighted by molar-refractivity contribution is 0.165. The Balaban J connectivity index is 1.78. The maximum Gasteiger partial charge on any atom is 0.0409 e. The van der Waals surface area contributed by atoms with Crippen LogP contribution >= 0.6 is 11.6 Å². The highest BCUT2D eigenvalue weighted by Crippen LogP contribution is 2.19. The van der Waals surface area contributed by atoms with Crippen molar-refractivity contribution in [3.8, 4) is 0 Å². The standard InChI is InChI=1S/C17H27ClN2/c1-14(2)10-19-11-16-6-4-8-20(13-16)12-15-5-3-7-17(18)9-15/h3,5,7,9,14,16,19H,4,6,8,10-13H2,1-2H3. The van der Waals surface area contributed by atoms with Crippen molar-refractivity contribution in [2.24, 2.45) is 11.8 Å². The average molecular weight is 295 g/mol. The topological polar surface area (TPSA) is 15.3 Å². The molecule has 1 aliphatic rings. The molecule has 0 amide bonds. The second-order valence-electron chi connectivity index (χ2n) is 6.43. The van der Waals surface area contributed by atoms with Gasteiger partial charge in [0.25, 0.3) is 0 Å². The Morgan fingerprint density at radius 2 is 2.25 bits per heavy atom. The molecule has 0 spiro atoms. The smallest absolute Gasteiger partial charge is 0.0409 e. The van der Waals surface area contributed by atoms with Crippen molar-refractivity contribution < 1.29 is 0 Å². The van der Waals surface area contributed by atoms with Crippen molar-refractivity contribution in [1.29, 1.82) is 0 Å². The van der Waals surface area contributed by atoms with Crippen molar-refractivity contribution in [1.82, 2.24) is 10.2 Å². The van der Waals surface area contributed by atoms with Gasteiger partial charge in [-0.25, -0.2) is 0 Å². The fourth-order valence-corrected chi connectivity index (χ4v) is 3.14. The van der Waals surface area contributed by atoms with E-state index in [1.807, 2.05) is 12.1 Å². The van der Waals surface area contributed by atoms with E-state index in [-0.39, 0.29) is 0 Å². The molecule has 1 aliphatic heterocycles. The molecule has 20 heavy (non-hydrogen) atoms. The number of likely N-dealkylation sites (tertiary alicyclic amines) is 1. The summed E-state index contributed by atoms with van der Waals surface area (Å²) in [6.07, 6.45) is 2.67. The molecule has 1 aromatic rings. The van der Waals surface area contributed by atoms with Gasteiger partial charge >= 0.3 is 0 Å². The summed E-state index contributed by atoms with van der Waals surface area (Å²) < 4.78 is 0. The van der Waals surface area contributed by atoms with Gasteiger partial charge in [-0.15, -0.1) is 0 Å². The number of hydrogen-bond acceptors (Lipinski definition) is 2. The number of hydrogen-bond donors (Lipinski definition) is 1. The van der Waals surface area contributed by atoms with Gasteiger partial charge in [0.15, 0.2) is 0 Å². The third-order valence-corrected chi connectivity index (χ3v) is 4.12. The number of benzene rings is 1. The van der Waals surface area contributed by atoms with E-state index < -0.39 is 0 Å². The third kappa shape index (κ3) is 5.43. The van der Waals surface area contributed by atoms with Crippen LogP contribution in [0.5, 0.6) is 0 Å². The van der Waals surface area contributed by atoms with E-state index in [9.17, 15) is 0 Å². The fourth-order valence-electron chi connectivity index (χ4n) is 2.93. The van der Waals surface area contributed by atoms with Gasteiger partial charge in [-0.1, -0.05) is 37.6 Å². The summed E-state index contributed by atoms with van der Waals surface area (Å²) in [6, 6.07) is 8.25. The first kappa shape index (κ1) is 15.8. The molecule has 1 N–H and O–H groups in total. The molecule has 1 fully saturated rings. The average Bonchev–Trinajstić information content (AvgIpc) is 2.39. The Morgan fingerprint density at radius 1 is 1.40 bits per heavy atom. The van der Waals surface area contributed by atoms with Gasteiger partial charge in [-0.2, -0.15) is 0 Å². The normalized spacial score (nSPS) is 20.5. The maximum atomic E-state index is 6.06. The minimum atomic E-state index is 0.737. The van der Waals surface area contributed by atoms with Crippen molar-refractivity contribution in [3.63, 3.8) is 0 Å². The van der Waals surface area contributed by atoms with Crippen LogP contribution in [0.3, 0.4) is 0 Å². The van der Waals surface area contributed by atoms with Crippen molar-refractivity contribution in [3.05, 3.63) is 34.9 Å². The summed E-state index contributed by atoms with van der Waals surface area (Å²) >= 11 is 6.06.